The first-order chi connectivity index (χ1) is 9.08. The summed E-state index contributed by atoms with van der Waals surface area (Å²) in [7, 11) is 0. The van der Waals surface area contributed by atoms with Crippen LogP contribution in [-0.2, 0) is 6.54 Å². The molecule has 0 aliphatic rings. The lowest BCUT2D eigenvalue weighted by Gasteiger charge is -2.12. The van der Waals surface area contributed by atoms with Gasteiger partial charge < -0.3 is 14.8 Å². The molecule has 0 bridgehead atoms. The van der Waals surface area contributed by atoms with E-state index in [9.17, 15) is 4.79 Å². The maximum absolute atomic E-state index is 10.9. The molecule has 1 atom stereocenters. The van der Waals surface area contributed by atoms with Gasteiger partial charge in [0.25, 0.3) is 0 Å². The highest BCUT2D eigenvalue weighted by atomic mass is 16.4. The molecule has 4 nitrogen and oxygen atoms in total. The van der Waals surface area contributed by atoms with Crippen molar-refractivity contribution < 1.29 is 14.3 Å². The van der Waals surface area contributed by atoms with Crippen LogP contribution in [0.1, 0.15) is 40.4 Å². The van der Waals surface area contributed by atoms with Crippen LogP contribution >= 0.6 is 0 Å². The number of hydrogen-bond acceptors (Lipinski definition) is 3. The molecular weight excluding hydrogens is 242 g/mol. The molecule has 1 unspecified atom stereocenters. The van der Waals surface area contributed by atoms with Gasteiger partial charge in [-0.15, -0.1) is 0 Å². The zero-order chi connectivity index (χ0) is 13.8. The van der Waals surface area contributed by atoms with E-state index in [1.54, 1.807) is 13.0 Å². The lowest BCUT2D eigenvalue weighted by atomic mass is 10.1. The largest absolute Gasteiger partial charge is 0.478 e. The van der Waals surface area contributed by atoms with E-state index < -0.39 is 5.97 Å². The smallest absolute Gasteiger partial charge is 0.339 e. The first-order valence-electron chi connectivity index (χ1n) is 6.19. The Morgan fingerprint density at radius 1 is 1.37 bits per heavy atom. The normalized spacial score (nSPS) is 12.3. The number of carboxylic acid groups (broad SMARTS) is 1. The SMILES string of the molecule is Cc1oc(CNC(C)c2ccccc2)cc1C(=O)O. The minimum atomic E-state index is -0.955. The Bertz CT molecular complexity index is 560. The molecular formula is C15H17NO3. The highest BCUT2D eigenvalue weighted by molar-refractivity contribution is 5.88. The van der Waals surface area contributed by atoms with Crippen LogP contribution in [0.3, 0.4) is 0 Å². The van der Waals surface area contributed by atoms with Crippen molar-refractivity contribution in [3.8, 4) is 0 Å². The molecule has 100 valence electrons. The van der Waals surface area contributed by atoms with Gasteiger partial charge in [0.05, 0.1) is 6.54 Å². The summed E-state index contributed by atoms with van der Waals surface area (Å²) in [6.45, 7) is 4.22. The number of benzene rings is 1. The predicted molar refractivity (Wildman–Crippen MR) is 72.1 cm³/mol. The molecule has 2 N–H and O–H groups in total. The maximum atomic E-state index is 10.9. The van der Waals surface area contributed by atoms with Crippen molar-refractivity contribution in [3.05, 3.63) is 59.0 Å². The van der Waals surface area contributed by atoms with E-state index in [0.29, 0.717) is 18.1 Å². The third kappa shape index (κ3) is 3.23. The van der Waals surface area contributed by atoms with Crippen LogP contribution in [0.25, 0.3) is 0 Å². The summed E-state index contributed by atoms with van der Waals surface area (Å²) in [6.07, 6.45) is 0. The summed E-state index contributed by atoms with van der Waals surface area (Å²) in [6, 6.07) is 11.8. The van der Waals surface area contributed by atoms with Crippen LogP contribution in [0.2, 0.25) is 0 Å². The number of aromatic carboxylic acids is 1. The van der Waals surface area contributed by atoms with E-state index in [4.69, 9.17) is 9.52 Å². The van der Waals surface area contributed by atoms with Gasteiger partial charge in [-0.05, 0) is 25.5 Å². The second-order valence-corrected chi connectivity index (χ2v) is 4.50. The Hall–Kier alpha value is -2.07. The van der Waals surface area contributed by atoms with Gasteiger partial charge in [-0.1, -0.05) is 30.3 Å². The van der Waals surface area contributed by atoms with Gasteiger partial charge >= 0.3 is 5.97 Å². The molecule has 1 aromatic carbocycles. The fourth-order valence-corrected chi connectivity index (χ4v) is 1.96. The average molecular weight is 259 g/mol. The Kier molecular flexibility index (Phi) is 4.02. The zero-order valence-corrected chi connectivity index (χ0v) is 11.0. The van der Waals surface area contributed by atoms with Gasteiger partial charge in [-0.3, -0.25) is 0 Å². The Labute approximate surface area is 112 Å². The van der Waals surface area contributed by atoms with E-state index in [2.05, 4.69) is 12.2 Å². The fraction of sp³-hybridized carbons (Fsp3) is 0.267. The highest BCUT2D eigenvalue weighted by Crippen LogP contribution is 2.16. The number of carbonyl (C=O) groups is 1. The number of aryl methyl sites for hydroxylation is 1. The minimum absolute atomic E-state index is 0.180. The van der Waals surface area contributed by atoms with Crippen molar-refractivity contribution in [1.82, 2.24) is 5.32 Å². The molecule has 0 saturated carbocycles. The van der Waals surface area contributed by atoms with Gasteiger partial charge in [0.2, 0.25) is 0 Å². The van der Waals surface area contributed by atoms with Crippen LogP contribution in [0, 0.1) is 6.92 Å². The molecule has 2 rings (SSSR count). The summed E-state index contributed by atoms with van der Waals surface area (Å²) in [4.78, 5) is 10.9. The summed E-state index contributed by atoms with van der Waals surface area (Å²) in [5.74, 6) is 0.123. The molecule has 1 aromatic heterocycles. The fourth-order valence-electron chi connectivity index (χ4n) is 1.96. The molecule has 2 aromatic rings. The molecule has 4 heteroatoms. The molecule has 0 fully saturated rings. The van der Waals surface area contributed by atoms with Crippen molar-refractivity contribution in [1.29, 1.82) is 0 Å². The molecule has 0 radical (unpaired) electrons. The molecule has 0 spiro atoms. The molecule has 19 heavy (non-hydrogen) atoms. The van der Waals surface area contributed by atoms with Crippen LogP contribution < -0.4 is 5.32 Å². The quantitative estimate of drug-likeness (QED) is 0.866. The van der Waals surface area contributed by atoms with Gasteiger partial charge in [0, 0.05) is 6.04 Å². The van der Waals surface area contributed by atoms with Crippen molar-refractivity contribution in [2.45, 2.75) is 26.4 Å². The first-order valence-corrected chi connectivity index (χ1v) is 6.19. The summed E-state index contributed by atoms with van der Waals surface area (Å²) < 4.78 is 5.42. The topological polar surface area (TPSA) is 62.5 Å². The number of rotatable bonds is 5. The second kappa shape index (κ2) is 5.71. The highest BCUT2D eigenvalue weighted by Gasteiger charge is 2.14. The van der Waals surface area contributed by atoms with E-state index in [1.807, 2.05) is 30.3 Å². The zero-order valence-electron chi connectivity index (χ0n) is 11.0. The lowest BCUT2D eigenvalue weighted by Crippen LogP contribution is -2.17. The molecule has 0 aliphatic heterocycles. The van der Waals surface area contributed by atoms with E-state index in [-0.39, 0.29) is 11.6 Å². The Balaban J connectivity index is 1.99. The second-order valence-electron chi connectivity index (χ2n) is 4.50. The van der Waals surface area contributed by atoms with E-state index >= 15 is 0 Å². The van der Waals surface area contributed by atoms with Gasteiger partial charge in [0.15, 0.2) is 0 Å². The van der Waals surface area contributed by atoms with Crippen molar-refractivity contribution in [2.24, 2.45) is 0 Å². The van der Waals surface area contributed by atoms with Crippen LogP contribution in [0.4, 0.5) is 0 Å². The van der Waals surface area contributed by atoms with Crippen molar-refractivity contribution in [3.63, 3.8) is 0 Å². The predicted octanol–water partition coefficient (Wildman–Crippen LogP) is 3.14. The van der Waals surface area contributed by atoms with E-state index in [0.717, 1.165) is 0 Å². The molecule has 1 heterocycles. The number of hydrogen-bond donors (Lipinski definition) is 2. The summed E-state index contributed by atoms with van der Waals surface area (Å²) >= 11 is 0. The van der Waals surface area contributed by atoms with Crippen LogP contribution in [0.15, 0.2) is 40.8 Å². The third-order valence-corrected chi connectivity index (χ3v) is 3.08. The summed E-state index contributed by atoms with van der Waals surface area (Å²) in [5.41, 5.74) is 1.41. The van der Waals surface area contributed by atoms with Crippen molar-refractivity contribution >= 4 is 5.97 Å². The molecule has 0 saturated heterocycles. The van der Waals surface area contributed by atoms with E-state index in [1.165, 1.54) is 5.56 Å². The number of nitrogens with one attached hydrogen (secondary N) is 1. The molecule has 0 aliphatic carbocycles. The van der Waals surface area contributed by atoms with Crippen molar-refractivity contribution in [2.75, 3.05) is 0 Å². The average Bonchev–Trinajstić information content (AvgIpc) is 2.78. The lowest BCUT2D eigenvalue weighted by molar-refractivity contribution is 0.0695. The maximum Gasteiger partial charge on any atom is 0.339 e. The Morgan fingerprint density at radius 3 is 2.63 bits per heavy atom. The van der Waals surface area contributed by atoms with Gasteiger partial charge in [-0.25, -0.2) is 4.79 Å². The van der Waals surface area contributed by atoms with Crippen LogP contribution in [0.5, 0.6) is 0 Å². The van der Waals surface area contributed by atoms with Crippen LogP contribution in [-0.4, -0.2) is 11.1 Å². The number of furan rings is 1. The minimum Gasteiger partial charge on any atom is -0.478 e. The molecule has 0 amide bonds. The first kappa shape index (κ1) is 13.4. The van der Waals surface area contributed by atoms with Gasteiger partial charge in [0.1, 0.15) is 17.1 Å². The standard InChI is InChI=1S/C15H17NO3/c1-10(12-6-4-3-5-7-12)16-9-13-8-14(15(17)18)11(2)19-13/h3-8,10,16H,9H2,1-2H3,(H,17,18). The summed E-state index contributed by atoms with van der Waals surface area (Å²) in [5, 5.41) is 12.3. The van der Waals surface area contributed by atoms with Gasteiger partial charge in [-0.2, -0.15) is 0 Å². The number of carboxylic acids is 1. The third-order valence-electron chi connectivity index (χ3n) is 3.08. The Morgan fingerprint density at radius 2 is 2.05 bits per heavy atom. The monoisotopic (exact) mass is 259 g/mol.